The second kappa shape index (κ2) is 6.83. The lowest BCUT2D eigenvalue weighted by Gasteiger charge is -2.05. The van der Waals surface area contributed by atoms with Crippen LogP contribution in [0.5, 0.6) is 0 Å². The van der Waals surface area contributed by atoms with Crippen LogP contribution in [0.1, 0.15) is 19.6 Å². The number of nitrogens with one attached hydrogen (secondary N) is 1. The van der Waals surface area contributed by atoms with Gasteiger partial charge >= 0.3 is 0 Å². The first-order chi connectivity index (χ1) is 8.15. The fourth-order valence-corrected chi connectivity index (χ4v) is 1.76. The lowest BCUT2D eigenvalue weighted by atomic mass is 10.2. The molecule has 0 radical (unpaired) electrons. The lowest BCUT2D eigenvalue weighted by molar-refractivity contribution is -0.00000413. The predicted molar refractivity (Wildman–Crippen MR) is 71.1 cm³/mol. The van der Waals surface area contributed by atoms with Gasteiger partial charge in [0, 0.05) is 16.6 Å². The van der Waals surface area contributed by atoms with Crippen molar-refractivity contribution in [1.82, 2.24) is 5.32 Å². The molecule has 98 valence electrons. The van der Waals surface area contributed by atoms with Gasteiger partial charge in [-0.1, -0.05) is 37.6 Å². The third-order valence-corrected chi connectivity index (χ3v) is 2.69. The summed E-state index contributed by atoms with van der Waals surface area (Å²) in [5.41, 5.74) is 1.01. The fourth-order valence-electron chi connectivity index (χ4n) is 1.57. The molecule has 1 aromatic heterocycles. The highest BCUT2D eigenvalue weighted by molar-refractivity contribution is 6.30. The van der Waals surface area contributed by atoms with E-state index in [1.165, 1.54) is 0 Å². The Kier molecular flexibility index (Phi) is 5.73. The molecule has 0 saturated carbocycles. The van der Waals surface area contributed by atoms with Crippen LogP contribution in [0.15, 0.2) is 40.8 Å². The Morgan fingerprint density at radius 1 is 1.22 bits per heavy atom. The van der Waals surface area contributed by atoms with Gasteiger partial charge in [-0.15, -0.1) is 0 Å². The minimum absolute atomic E-state index is 0. The van der Waals surface area contributed by atoms with Crippen LogP contribution in [0.4, 0.5) is 0 Å². The van der Waals surface area contributed by atoms with Crippen LogP contribution in [0, 0.1) is 0 Å². The third-order valence-electron chi connectivity index (χ3n) is 2.46. The first-order valence-electron chi connectivity index (χ1n) is 5.73. The first kappa shape index (κ1) is 15.1. The first-order valence-corrected chi connectivity index (χ1v) is 6.11. The standard InChI is InChI=1S/C14H16ClNO.ClH/c1-10(2)16-9-13-6-7-14(17-13)11-4-3-5-12(15)8-11;/h3-8,10,16H,9H2,1-2H3;1H/p-1. The molecule has 2 aromatic rings. The van der Waals surface area contributed by atoms with Gasteiger partial charge in [-0.3, -0.25) is 0 Å². The van der Waals surface area contributed by atoms with Crippen LogP contribution in [0.2, 0.25) is 5.02 Å². The molecule has 1 aromatic carbocycles. The van der Waals surface area contributed by atoms with E-state index in [0.717, 1.165) is 28.7 Å². The Bertz CT molecular complexity index is 494. The van der Waals surface area contributed by atoms with Crippen molar-refractivity contribution in [2.24, 2.45) is 0 Å². The normalized spacial score (nSPS) is 10.4. The Balaban J connectivity index is 0.00000162. The van der Waals surface area contributed by atoms with Gasteiger partial charge in [-0.2, -0.15) is 0 Å². The Hall–Kier alpha value is -0.960. The van der Waals surface area contributed by atoms with Gasteiger partial charge in [0.05, 0.1) is 6.54 Å². The van der Waals surface area contributed by atoms with Crippen molar-refractivity contribution in [2.45, 2.75) is 26.4 Å². The maximum atomic E-state index is 5.95. The minimum Gasteiger partial charge on any atom is -1.00 e. The number of halogens is 2. The molecule has 1 heterocycles. The summed E-state index contributed by atoms with van der Waals surface area (Å²) < 4.78 is 5.75. The third kappa shape index (κ3) is 4.05. The second-order valence-electron chi connectivity index (χ2n) is 4.31. The van der Waals surface area contributed by atoms with E-state index in [4.69, 9.17) is 16.0 Å². The Morgan fingerprint density at radius 3 is 2.67 bits per heavy atom. The molecular weight excluding hydrogens is 269 g/mol. The number of benzene rings is 1. The van der Waals surface area contributed by atoms with Crippen LogP contribution >= 0.6 is 11.6 Å². The van der Waals surface area contributed by atoms with Gasteiger partial charge in [-0.05, 0) is 24.3 Å². The quantitative estimate of drug-likeness (QED) is 0.910. The molecule has 0 atom stereocenters. The van der Waals surface area contributed by atoms with Crippen LogP contribution in [-0.2, 0) is 6.54 Å². The monoisotopic (exact) mass is 284 g/mol. The average molecular weight is 285 g/mol. The highest BCUT2D eigenvalue weighted by Gasteiger charge is 2.05. The largest absolute Gasteiger partial charge is 1.00 e. The van der Waals surface area contributed by atoms with Crippen molar-refractivity contribution in [2.75, 3.05) is 0 Å². The Morgan fingerprint density at radius 2 is 2.00 bits per heavy atom. The molecule has 0 bridgehead atoms. The molecule has 0 spiro atoms. The fraction of sp³-hybridized carbons (Fsp3) is 0.286. The summed E-state index contributed by atoms with van der Waals surface area (Å²) in [6.45, 7) is 4.97. The summed E-state index contributed by atoms with van der Waals surface area (Å²) >= 11 is 5.95. The van der Waals surface area contributed by atoms with Gasteiger partial charge < -0.3 is 22.1 Å². The SMILES string of the molecule is CC(C)NCc1ccc(-c2cccc(Cl)c2)o1.[Cl-]. The van der Waals surface area contributed by atoms with Crippen LogP contribution in [-0.4, -0.2) is 6.04 Å². The van der Waals surface area contributed by atoms with Crippen molar-refractivity contribution in [3.05, 3.63) is 47.2 Å². The average Bonchev–Trinajstić information content (AvgIpc) is 2.75. The molecular formula is C14H16Cl2NO-. The van der Waals surface area contributed by atoms with E-state index in [2.05, 4.69) is 19.2 Å². The van der Waals surface area contributed by atoms with E-state index in [1.807, 2.05) is 36.4 Å². The van der Waals surface area contributed by atoms with E-state index < -0.39 is 0 Å². The number of rotatable bonds is 4. The minimum atomic E-state index is 0. The van der Waals surface area contributed by atoms with Crippen LogP contribution < -0.4 is 17.7 Å². The molecule has 0 amide bonds. The van der Waals surface area contributed by atoms with E-state index >= 15 is 0 Å². The number of hydrogen-bond acceptors (Lipinski definition) is 2. The summed E-state index contributed by atoms with van der Waals surface area (Å²) in [7, 11) is 0. The Labute approximate surface area is 119 Å². The summed E-state index contributed by atoms with van der Waals surface area (Å²) in [4.78, 5) is 0. The molecule has 0 fully saturated rings. The molecule has 0 aliphatic rings. The molecule has 4 heteroatoms. The van der Waals surface area contributed by atoms with Crippen molar-refractivity contribution < 1.29 is 16.8 Å². The molecule has 2 rings (SSSR count). The predicted octanol–water partition coefficient (Wildman–Crippen LogP) is 1.10. The maximum Gasteiger partial charge on any atom is 0.134 e. The summed E-state index contributed by atoms with van der Waals surface area (Å²) in [6.07, 6.45) is 0. The van der Waals surface area contributed by atoms with E-state index in [-0.39, 0.29) is 12.4 Å². The van der Waals surface area contributed by atoms with Gasteiger partial charge in [0.15, 0.2) is 0 Å². The van der Waals surface area contributed by atoms with Gasteiger partial charge in [0.25, 0.3) is 0 Å². The van der Waals surface area contributed by atoms with Crippen molar-refractivity contribution >= 4 is 11.6 Å². The molecule has 0 saturated heterocycles. The van der Waals surface area contributed by atoms with Crippen molar-refractivity contribution in [3.63, 3.8) is 0 Å². The van der Waals surface area contributed by atoms with E-state index in [9.17, 15) is 0 Å². The zero-order chi connectivity index (χ0) is 12.3. The van der Waals surface area contributed by atoms with Crippen LogP contribution in [0.3, 0.4) is 0 Å². The van der Waals surface area contributed by atoms with Crippen molar-refractivity contribution in [3.8, 4) is 11.3 Å². The second-order valence-corrected chi connectivity index (χ2v) is 4.75. The number of hydrogen-bond donors (Lipinski definition) is 1. The molecule has 0 aliphatic heterocycles. The summed E-state index contributed by atoms with van der Waals surface area (Å²) in [5, 5.41) is 4.04. The van der Waals surface area contributed by atoms with Gasteiger partial charge in [0.2, 0.25) is 0 Å². The molecule has 0 unspecified atom stereocenters. The molecule has 18 heavy (non-hydrogen) atoms. The van der Waals surface area contributed by atoms with E-state index in [1.54, 1.807) is 0 Å². The van der Waals surface area contributed by atoms with Crippen molar-refractivity contribution in [1.29, 1.82) is 0 Å². The molecule has 1 N–H and O–H groups in total. The molecule has 0 aliphatic carbocycles. The summed E-state index contributed by atoms with van der Waals surface area (Å²) in [6, 6.07) is 12.1. The van der Waals surface area contributed by atoms with E-state index in [0.29, 0.717) is 6.04 Å². The van der Waals surface area contributed by atoms with Gasteiger partial charge in [0.1, 0.15) is 11.5 Å². The summed E-state index contributed by atoms with van der Waals surface area (Å²) in [5.74, 6) is 1.79. The topological polar surface area (TPSA) is 25.2 Å². The van der Waals surface area contributed by atoms with Gasteiger partial charge in [-0.25, -0.2) is 0 Å². The maximum absolute atomic E-state index is 5.95. The number of furan rings is 1. The zero-order valence-electron chi connectivity index (χ0n) is 10.4. The van der Waals surface area contributed by atoms with Crippen LogP contribution in [0.25, 0.3) is 11.3 Å². The zero-order valence-corrected chi connectivity index (χ0v) is 11.9. The lowest BCUT2D eigenvalue weighted by Crippen LogP contribution is -3.00. The smallest absolute Gasteiger partial charge is 0.134 e. The highest BCUT2D eigenvalue weighted by atomic mass is 35.5. The molecule has 2 nitrogen and oxygen atoms in total. The highest BCUT2D eigenvalue weighted by Crippen LogP contribution is 2.24.